The first-order valence-electron chi connectivity index (χ1n) is 27.2. The van der Waals surface area contributed by atoms with Gasteiger partial charge in [-0.05, 0) is 144 Å². The van der Waals surface area contributed by atoms with Gasteiger partial charge in [0.05, 0.1) is 0 Å². The number of benzene rings is 4. The van der Waals surface area contributed by atoms with Crippen LogP contribution in [-0.2, 0) is 48.1 Å². The van der Waals surface area contributed by atoms with Crippen LogP contribution in [0.4, 0.5) is 4.79 Å². The molecule has 0 aliphatic carbocycles. The zero-order valence-corrected chi connectivity index (χ0v) is 53.7. The first kappa shape index (κ1) is 60.3. The van der Waals surface area contributed by atoms with E-state index in [0.717, 1.165) is 6.42 Å². The summed E-state index contributed by atoms with van der Waals surface area (Å²) >= 11 is 0. The minimum absolute atomic E-state index is 0.0151. The standard InChI is InChI=1S/C66H102NO2P3/c1-58(2,3)42-28-43(59(4,5)6)33-50(32-42)70-56(71-51-34-44(60(7,8)9)29-45(35-51)61(10,11)12)55-40-54(41-67(55)57(68)69-66(25,26)27)72(52-36-46(62(13,14)15)30-47(37-52)63(16,17)18)53-38-48(64(19,20)21)31-49(39-53)65(22,23)24/h28-39,54-56,70-71H,40-41H2,1-27H3/t54-,55-/m0/s1. The zero-order valence-electron chi connectivity index (χ0n) is 50.8. The summed E-state index contributed by atoms with van der Waals surface area (Å²) in [6.45, 7) is 63.2. The van der Waals surface area contributed by atoms with Crippen molar-refractivity contribution >= 4 is 52.4 Å². The highest BCUT2D eigenvalue weighted by Gasteiger charge is 2.46. The molecule has 5 rings (SSSR count). The van der Waals surface area contributed by atoms with Crippen molar-refractivity contribution in [3.05, 3.63) is 117 Å². The van der Waals surface area contributed by atoms with Crippen LogP contribution < -0.4 is 21.2 Å². The molecule has 1 heterocycles. The Labute approximate surface area is 447 Å². The quantitative estimate of drug-likeness (QED) is 0.165. The first-order chi connectivity index (χ1) is 32.2. The molecule has 4 atom stereocenters. The van der Waals surface area contributed by atoms with Gasteiger partial charge in [0.15, 0.2) is 0 Å². The van der Waals surface area contributed by atoms with Gasteiger partial charge in [-0.1, -0.05) is 256 Å². The van der Waals surface area contributed by atoms with E-state index >= 15 is 4.79 Å². The lowest BCUT2D eigenvalue weighted by Crippen LogP contribution is -2.43. The number of hydrogen-bond donors (Lipinski definition) is 0. The Morgan fingerprint density at radius 3 is 0.917 bits per heavy atom. The van der Waals surface area contributed by atoms with Crippen LogP contribution >= 0.6 is 25.1 Å². The van der Waals surface area contributed by atoms with Crippen LogP contribution in [0, 0.1) is 0 Å². The summed E-state index contributed by atoms with van der Waals surface area (Å²) in [5.41, 5.74) is 10.3. The van der Waals surface area contributed by atoms with Crippen molar-refractivity contribution in [3.8, 4) is 0 Å². The van der Waals surface area contributed by atoms with Gasteiger partial charge in [0, 0.05) is 23.6 Å². The fraction of sp³-hybridized carbons (Fsp3) is 0.621. The molecule has 0 bridgehead atoms. The summed E-state index contributed by atoms with van der Waals surface area (Å²) in [7, 11) is -0.0106. The monoisotopic (exact) mass is 1030 g/mol. The van der Waals surface area contributed by atoms with E-state index in [1.807, 2.05) is 20.8 Å². The molecule has 1 saturated heterocycles. The Morgan fingerprint density at radius 1 is 0.431 bits per heavy atom. The van der Waals surface area contributed by atoms with Gasteiger partial charge in [0.25, 0.3) is 0 Å². The summed E-state index contributed by atoms with van der Waals surface area (Å²) in [4.78, 5) is 17.6. The number of carbonyl (C=O) groups is 1. The van der Waals surface area contributed by atoms with Crippen molar-refractivity contribution in [1.82, 2.24) is 4.90 Å². The molecule has 398 valence electrons. The van der Waals surface area contributed by atoms with E-state index in [1.165, 1.54) is 65.7 Å². The van der Waals surface area contributed by atoms with E-state index < -0.39 is 13.5 Å². The SMILES string of the molecule is CC(C)(C)OC(=O)N1C[C@@H](P(c2cc(C(C)(C)C)cc(C(C)(C)C)c2)c2cc(C(C)(C)C)cc(C(C)(C)C)c2)C[C@H]1C(Pc1cc(C(C)(C)C)cc(C(C)(C)C)c1)Pc1cc(C(C)(C)C)cc(C(C)(C)C)c1. The molecule has 3 nitrogen and oxygen atoms in total. The predicted octanol–water partition coefficient (Wildman–Crippen LogP) is 17.2. The lowest BCUT2D eigenvalue weighted by atomic mass is 9.81. The topological polar surface area (TPSA) is 29.5 Å². The molecule has 1 aliphatic heterocycles. The summed E-state index contributed by atoms with van der Waals surface area (Å²) in [6.07, 6.45) is 0.723. The van der Waals surface area contributed by atoms with Gasteiger partial charge in [-0.25, -0.2) is 4.79 Å². The number of amides is 1. The number of ether oxygens (including phenoxy) is 1. The molecule has 6 heteroatoms. The van der Waals surface area contributed by atoms with E-state index in [4.69, 9.17) is 4.74 Å². The second-order valence-electron chi connectivity index (χ2n) is 30.9. The molecule has 0 aromatic heterocycles. The largest absolute Gasteiger partial charge is 0.444 e. The summed E-state index contributed by atoms with van der Waals surface area (Å²) in [6, 6.07) is 30.1. The molecule has 1 aliphatic rings. The number of carbonyl (C=O) groups excluding carboxylic acids is 1. The Balaban J connectivity index is 1.89. The molecule has 72 heavy (non-hydrogen) atoms. The minimum atomic E-state index is -0.986. The third-order valence-electron chi connectivity index (χ3n) is 14.5. The van der Waals surface area contributed by atoms with Crippen molar-refractivity contribution < 1.29 is 9.53 Å². The van der Waals surface area contributed by atoms with Crippen molar-refractivity contribution in [1.29, 1.82) is 0 Å². The van der Waals surface area contributed by atoms with Crippen LogP contribution in [0.5, 0.6) is 0 Å². The van der Waals surface area contributed by atoms with Gasteiger partial charge < -0.3 is 9.64 Å². The number of nitrogens with zero attached hydrogens (tertiary/aromatic N) is 1. The summed E-state index contributed by atoms with van der Waals surface area (Å²) in [5.74, 6) is 0. The predicted molar refractivity (Wildman–Crippen MR) is 326 cm³/mol. The molecule has 1 fully saturated rings. The van der Waals surface area contributed by atoms with Gasteiger partial charge in [-0.3, -0.25) is 0 Å². The van der Waals surface area contributed by atoms with Crippen molar-refractivity contribution in [2.45, 2.75) is 259 Å². The molecule has 0 saturated carbocycles. The maximum absolute atomic E-state index is 15.3. The average Bonchev–Trinajstić information content (AvgIpc) is 3.62. The highest BCUT2D eigenvalue weighted by molar-refractivity contribution is 7.73. The van der Waals surface area contributed by atoms with Crippen molar-refractivity contribution in [2.75, 3.05) is 6.54 Å². The lowest BCUT2D eigenvalue weighted by Gasteiger charge is -2.34. The average molecular weight is 1030 g/mol. The normalized spacial score (nSPS) is 17.8. The summed E-state index contributed by atoms with van der Waals surface area (Å²) < 4.78 is 6.55. The van der Waals surface area contributed by atoms with E-state index in [2.05, 4.69) is 244 Å². The second-order valence-corrected chi connectivity index (χ2v) is 36.9. The highest BCUT2D eigenvalue weighted by atomic mass is 31.1. The molecular formula is C66H102NO2P3. The molecule has 2 unspecified atom stereocenters. The first-order valence-corrected chi connectivity index (χ1v) is 30.7. The summed E-state index contributed by atoms with van der Waals surface area (Å²) in [5, 5.41) is 5.79. The maximum atomic E-state index is 15.3. The minimum Gasteiger partial charge on any atom is -0.444 e. The van der Waals surface area contributed by atoms with E-state index in [-0.39, 0.29) is 66.5 Å². The molecular weight excluding hydrogens is 932 g/mol. The van der Waals surface area contributed by atoms with Crippen LogP contribution in [0.15, 0.2) is 72.8 Å². The van der Waals surface area contributed by atoms with Crippen molar-refractivity contribution in [3.63, 3.8) is 0 Å². The lowest BCUT2D eigenvalue weighted by molar-refractivity contribution is 0.0237. The smallest absolute Gasteiger partial charge is 0.410 e. The van der Waals surface area contributed by atoms with E-state index in [0.29, 0.717) is 23.7 Å². The Morgan fingerprint density at radius 2 is 0.681 bits per heavy atom. The molecule has 4 aromatic carbocycles. The van der Waals surface area contributed by atoms with E-state index in [9.17, 15) is 0 Å². The Kier molecular flexibility index (Phi) is 17.4. The fourth-order valence-corrected chi connectivity index (χ4v) is 16.4. The van der Waals surface area contributed by atoms with E-state index in [1.54, 1.807) is 0 Å². The van der Waals surface area contributed by atoms with Gasteiger partial charge in [-0.2, -0.15) is 0 Å². The Bertz CT molecular complexity index is 2270. The van der Waals surface area contributed by atoms with Crippen molar-refractivity contribution in [2.24, 2.45) is 0 Å². The number of rotatable bonds is 8. The molecule has 1 amide bonds. The second kappa shape index (κ2) is 20.8. The Hall–Kier alpha value is -2.56. The molecule has 0 radical (unpaired) electrons. The van der Waals surface area contributed by atoms with Crippen LogP contribution in [0.2, 0.25) is 0 Å². The van der Waals surface area contributed by atoms with Crippen LogP contribution in [-0.4, -0.2) is 40.2 Å². The molecule has 0 spiro atoms. The maximum Gasteiger partial charge on any atom is 0.410 e. The van der Waals surface area contributed by atoms with Crippen LogP contribution in [0.1, 0.15) is 238 Å². The number of likely N-dealkylation sites (tertiary alicyclic amines) is 1. The van der Waals surface area contributed by atoms with Crippen LogP contribution in [0.3, 0.4) is 0 Å². The van der Waals surface area contributed by atoms with Gasteiger partial charge >= 0.3 is 6.09 Å². The highest BCUT2D eigenvalue weighted by Crippen LogP contribution is 2.53. The van der Waals surface area contributed by atoms with Gasteiger partial charge in [0.2, 0.25) is 0 Å². The van der Waals surface area contributed by atoms with Gasteiger partial charge in [-0.15, -0.1) is 0 Å². The third-order valence-corrected chi connectivity index (χ3v) is 20.8. The number of hydrogen-bond acceptors (Lipinski definition) is 2. The third kappa shape index (κ3) is 15.5. The van der Waals surface area contributed by atoms with Gasteiger partial charge in [0.1, 0.15) is 5.60 Å². The molecule has 0 N–H and O–H groups in total. The zero-order chi connectivity index (χ0) is 54.9. The van der Waals surface area contributed by atoms with Crippen LogP contribution in [0.25, 0.3) is 0 Å². The molecule has 4 aromatic rings. The fourth-order valence-electron chi connectivity index (χ4n) is 9.42.